The van der Waals surface area contributed by atoms with Gasteiger partial charge in [0.15, 0.2) is 0 Å². The highest BCUT2D eigenvalue weighted by Gasteiger charge is 1.99. The van der Waals surface area contributed by atoms with E-state index in [-0.39, 0.29) is 0 Å². The third-order valence-corrected chi connectivity index (χ3v) is 2.61. The van der Waals surface area contributed by atoms with Crippen LogP contribution < -0.4 is 5.32 Å². The Morgan fingerprint density at radius 3 is 2.19 bits per heavy atom. The Labute approximate surface area is 105 Å². The van der Waals surface area contributed by atoms with Gasteiger partial charge in [0.2, 0.25) is 0 Å². The quantitative estimate of drug-likeness (QED) is 0.788. The van der Waals surface area contributed by atoms with E-state index in [0.29, 0.717) is 10.0 Å². The zero-order valence-electron chi connectivity index (χ0n) is 8.80. The molecule has 2 aromatic carbocycles. The number of rotatable bonds is 2. The predicted molar refractivity (Wildman–Crippen MR) is 70.9 cm³/mol. The molecule has 1 nitrogen and oxygen atoms in total. The molecule has 1 N–H and O–H groups in total. The van der Waals surface area contributed by atoms with Crippen LogP contribution >= 0.6 is 23.2 Å². The first-order valence-electron chi connectivity index (χ1n) is 4.93. The SMILES string of the molecule is Cc1cccc(Nc2cc(Cl)cc(Cl)c2)c1. The molecule has 0 saturated heterocycles. The summed E-state index contributed by atoms with van der Waals surface area (Å²) in [4.78, 5) is 0. The van der Waals surface area contributed by atoms with E-state index in [9.17, 15) is 0 Å². The van der Waals surface area contributed by atoms with Crippen LogP contribution in [0.4, 0.5) is 11.4 Å². The number of hydrogen-bond donors (Lipinski definition) is 1. The Balaban J connectivity index is 2.27. The molecule has 0 atom stereocenters. The minimum Gasteiger partial charge on any atom is -0.355 e. The summed E-state index contributed by atoms with van der Waals surface area (Å²) in [5, 5.41) is 4.51. The topological polar surface area (TPSA) is 12.0 Å². The summed E-state index contributed by atoms with van der Waals surface area (Å²) in [7, 11) is 0. The van der Waals surface area contributed by atoms with Crippen LogP contribution in [-0.4, -0.2) is 0 Å². The van der Waals surface area contributed by atoms with Gasteiger partial charge in [-0.3, -0.25) is 0 Å². The molecule has 0 bridgehead atoms. The summed E-state index contributed by atoms with van der Waals surface area (Å²) in [5.41, 5.74) is 3.12. The monoisotopic (exact) mass is 251 g/mol. The second kappa shape index (κ2) is 4.77. The maximum absolute atomic E-state index is 5.92. The molecular weight excluding hydrogens is 241 g/mol. The van der Waals surface area contributed by atoms with Crippen LogP contribution in [0.25, 0.3) is 0 Å². The van der Waals surface area contributed by atoms with Crippen molar-refractivity contribution in [3.8, 4) is 0 Å². The van der Waals surface area contributed by atoms with Gasteiger partial charge in [-0.2, -0.15) is 0 Å². The molecule has 0 aromatic heterocycles. The molecule has 82 valence electrons. The molecule has 0 heterocycles. The van der Waals surface area contributed by atoms with Crippen LogP contribution in [0.15, 0.2) is 42.5 Å². The van der Waals surface area contributed by atoms with Crippen molar-refractivity contribution in [2.75, 3.05) is 5.32 Å². The molecule has 0 spiro atoms. The summed E-state index contributed by atoms with van der Waals surface area (Å²) in [6, 6.07) is 13.5. The van der Waals surface area contributed by atoms with E-state index in [4.69, 9.17) is 23.2 Å². The Kier molecular flexibility index (Phi) is 3.37. The lowest BCUT2D eigenvalue weighted by Gasteiger charge is -2.08. The van der Waals surface area contributed by atoms with Gasteiger partial charge in [-0.15, -0.1) is 0 Å². The van der Waals surface area contributed by atoms with Crippen LogP contribution in [0.2, 0.25) is 10.0 Å². The van der Waals surface area contributed by atoms with Gasteiger partial charge < -0.3 is 5.32 Å². The van der Waals surface area contributed by atoms with Gasteiger partial charge in [0.1, 0.15) is 0 Å². The molecule has 0 unspecified atom stereocenters. The Morgan fingerprint density at radius 2 is 1.56 bits per heavy atom. The smallest absolute Gasteiger partial charge is 0.0441 e. The molecule has 2 aromatic rings. The highest BCUT2D eigenvalue weighted by molar-refractivity contribution is 6.35. The number of aryl methyl sites for hydroxylation is 1. The fraction of sp³-hybridized carbons (Fsp3) is 0.0769. The first-order chi connectivity index (χ1) is 7.63. The molecule has 0 aliphatic heterocycles. The third kappa shape index (κ3) is 2.91. The minimum atomic E-state index is 0.627. The van der Waals surface area contributed by atoms with E-state index in [2.05, 4.69) is 24.4 Å². The lowest BCUT2D eigenvalue weighted by atomic mass is 10.2. The van der Waals surface area contributed by atoms with E-state index in [1.165, 1.54) is 5.56 Å². The fourth-order valence-electron chi connectivity index (χ4n) is 1.52. The molecular formula is C13H11Cl2N. The van der Waals surface area contributed by atoms with Crippen LogP contribution in [0.5, 0.6) is 0 Å². The van der Waals surface area contributed by atoms with Crippen LogP contribution in [0.1, 0.15) is 5.56 Å². The number of nitrogens with one attached hydrogen (secondary N) is 1. The summed E-state index contributed by atoms with van der Waals surface area (Å²) in [6.07, 6.45) is 0. The summed E-state index contributed by atoms with van der Waals surface area (Å²) in [5.74, 6) is 0. The van der Waals surface area contributed by atoms with Gasteiger partial charge in [0.25, 0.3) is 0 Å². The van der Waals surface area contributed by atoms with Crippen LogP contribution in [0, 0.1) is 6.92 Å². The van der Waals surface area contributed by atoms with Crippen molar-refractivity contribution < 1.29 is 0 Å². The van der Waals surface area contributed by atoms with Gasteiger partial charge in [0, 0.05) is 21.4 Å². The first-order valence-corrected chi connectivity index (χ1v) is 5.69. The number of benzene rings is 2. The van der Waals surface area contributed by atoms with Gasteiger partial charge in [-0.05, 0) is 42.8 Å². The van der Waals surface area contributed by atoms with Gasteiger partial charge in [-0.25, -0.2) is 0 Å². The van der Waals surface area contributed by atoms with E-state index >= 15 is 0 Å². The summed E-state index contributed by atoms with van der Waals surface area (Å²) >= 11 is 11.8. The van der Waals surface area contributed by atoms with Crippen LogP contribution in [0.3, 0.4) is 0 Å². The van der Waals surface area contributed by atoms with Crippen molar-refractivity contribution in [2.45, 2.75) is 6.92 Å². The fourth-order valence-corrected chi connectivity index (χ4v) is 2.04. The molecule has 0 radical (unpaired) electrons. The lowest BCUT2D eigenvalue weighted by Crippen LogP contribution is -1.90. The standard InChI is InChI=1S/C13H11Cl2N/c1-9-3-2-4-12(5-9)16-13-7-10(14)6-11(15)8-13/h2-8,16H,1H3. The summed E-state index contributed by atoms with van der Waals surface area (Å²) < 4.78 is 0. The third-order valence-electron chi connectivity index (χ3n) is 2.17. The van der Waals surface area contributed by atoms with E-state index in [1.54, 1.807) is 6.07 Å². The van der Waals surface area contributed by atoms with Crippen molar-refractivity contribution >= 4 is 34.6 Å². The predicted octanol–water partition coefficient (Wildman–Crippen LogP) is 5.05. The average Bonchev–Trinajstić information content (AvgIpc) is 2.15. The second-order valence-corrected chi connectivity index (χ2v) is 4.53. The van der Waals surface area contributed by atoms with E-state index in [0.717, 1.165) is 11.4 Å². The molecule has 0 fully saturated rings. The maximum atomic E-state index is 5.92. The molecule has 0 amide bonds. The van der Waals surface area contributed by atoms with Crippen molar-refractivity contribution in [1.82, 2.24) is 0 Å². The van der Waals surface area contributed by atoms with Crippen molar-refractivity contribution in [1.29, 1.82) is 0 Å². The van der Waals surface area contributed by atoms with Crippen LogP contribution in [-0.2, 0) is 0 Å². The average molecular weight is 252 g/mol. The molecule has 16 heavy (non-hydrogen) atoms. The van der Waals surface area contributed by atoms with Crippen molar-refractivity contribution in [3.63, 3.8) is 0 Å². The minimum absolute atomic E-state index is 0.627. The van der Waals surface area contributed by atoms with Gasteiger partial charge >= 0.3 is 0 Å². The van der Waals surface area contributed by atoms with Gasteiger partial charge in [-0.1, -0.05) is 35.3 Å². The molecule has 0 aliphatic rings. The maximum Gasteiger partial charge on any atom is 0.0441 e. The van der Waals surface area contributed by atoms with E-state index < -0.39 is 0 Å². The largest absolute Gasteiger partial charge is 0.355 e. The Bertz CT molecular complexity index is 489. The Morgan fingerprint density at radius 1 is 0.875 bits per heavy atom. The second-order valence-electron chi connectivity index (χ2n) is 3.65. The lowest BCUT2D eigenvalue weighted by molar-refractivity contribution is 1.45. The molecule has 0 aliphatic carbocycles. The van der Waals surface area contributed by atoms with E-state index in [1.807, 2.05) is 24.3 Å². The van der Waals surface area contributed by atoms with Crippen molar-refractivity contribution in [3.05, 3.63) is 58.1 Å². The summed E-state index contributed by atoms with van der Waals surface area (Å²) in [6.45, 7) is 2.05. The molecule has 3 heteroatoms. The zero-order chi connectivity index (χ0) is 11.5. The highest BCUT2D eigenvalue weighted by Crippen LogP contribution is 2.25. The normalized spacial score (nSPS) is 10.2. The molecule has 2 rings (SSSR count). The van der Waals surface area contributed by atoms with Gasteiger partial charge in [0.05, 0.1) is 0 Å². The Hall–Kier alpha value is -1.18. The zero-order valence-corrected chi connectivity index (χ0v) is 10.3. The van der Waals surface area contributed by atoms with Crippen molar-refractivity contribution in [2.24, 2.45) is 0 Å². The molecule has 0 saturated carbocycles. The highest BCUT2D eigenvalue weighted by atomic mass is 35.5. The number of anilines is 2. The first kappa shape index (κ1) is 11.3. The number of halogens is 2. The number of hydrogen-bond acceptors (Lipinski definition) is 1.